The zero-order chi connectivity index (χ0) is 19.5. The Morgan fingerprint density at radius 2 is 1.39 bits per heavy atom. The SMILES string of the molecule is Cc1nnc(C[NH+]2CC[NH+](C(c3ccc(F)cc3)c3ccc(F)cc3)CC2)o1. The van der Waals surface area contributed by atoms with Crippen LogP contribution in [0.25, 0.3) is 0 Å². The lowest BCUT2D eigenvalue weighted by Crippen LogP contribution is -3.27. The van der Waals surface area contributed by atoms with Crippen LogP contribution in [0, 0.1) is 18.6 Å². The van der Waals surface area contributed by atoms with E-state index in [1.165, 1.54) is 34.1 Å². The Bertz CT molecular complexity index is 857. The van der Waals surface area contributed by atoms with Gasteiger partial charge in [0.15, 0.2) is 6.54 Å². The molecular weight excluding hydrogens is 362 g/mol. The first-order valence-corrected chi connectivity index (χ1v) is 9.56. The Morgan fingerprint density at radius 3 is 1.86 bits per heavy atom. The molecule has 0 amide bonds. The van der Waals surface area contributed by atoms with Crippen LogP contribution in [0.2, 0.25) is 0 Å². The van der Waals surface area contributed by atoms with Gasteiger partial charge in [0.25, 0.3) is 5.89 Å². The van der Waals surface area contributed by atoms with Gasteiger partial charge >= 0.3 is 0 Å². The number of nitrogens with zero attached hydrogens (tertiary/aromatic N) is 2. The van der Waals surface area contributed by atoms with Gasteiger partial charge in [-0.1, -0.05) is 0 Å². The first-order valence-electron chi connectivity index (χ1n) is 9.56. The molecule has 0 saturated carbocycles. The predicted molar refractivity (Wildman–Crippen MR) is 98.8 cm³/mol. The normalized spacial score (nSPS) is 19.9. The third-order valence-corrected chi connectivity index (χ3v) is 5.38. The van der Waals surface area contributed by atoms with E-state index in [4.69, 9.17) is 4.42 Å². The molecule has 1 aromatic heterocycles. The molecule has 0 unspecified atom stereocenters. The monoisotopic (exact) mass is 386 g/mol. The van der Waals surface area contributed by atoms with E-state index in [1.807, 2.05) is 24.3 Å². The van der Waals surface area contributed by atoms with Gasteiger partial charge in [0, 0.05) is 18.1 Å². The Morgan fingerprint density at radius 1 is 0.857 bits per heavy atom. The maximum Gasteiger partial charge on any atom is 0.271 e. The minimum Gasteiger partial charge on any atom is -0.420 e. The Hall–Kier alpha value is -2.64. The second-order valence-corrected chi connectivity index (χ2v) is 7.34. The van der Waals surface area contributed by atoms with Crippen molar-refractivity contribution in [2.45, 2.75) is 19.5 Å². The molecule has 0 spiro atoms. The van der Waals surface area contributed by atoms with Gasteiger partial charge < -0.3 is 14.2 Å². The number of rotatable bonds is 5. The number of halogens is 2. The molecule has 2 heterocycles. The lowest BCUT2D eigenvalue weighted by molar-refractivity contribution is -1.03. The number of piperazine rings is 1. The summed E-state index contributed by atoms with van der Waals surface area (Å²) in [5, 5.41) is 7.98. The standard InChI is InChI=1S/C21H22F2N4O/c1-15-24-25-20(28-15)14-26-10-12-27(13-11-26)21(16-2-6-18(22)7-3-16)17-4-8-19(23)9-5-17/h2-9,21H,10-14H2,1H3/p+2. The van der Waals surface area contributed by atoms with E-state index in [2.05, 4.69) is 10.2 Å². The quantitative estimate of drug-likeness (QED) is 0.680. The molecular formula is C21H24F2N4O+2. The first-order chi connectivity index (χ1) is 13.6. The van der Waals surface area contributed by atoms with Gasteiger partial charge in [-0.05, 0) is 48.5 Å². The van der Waals surface area contributed by atoms with Gasteiger partial charge in [0.1, 0.15) is 43.9 Å². The van der Waals surface area contributed by atoms with E-state index in [9.17, 15) is 8.78 Å². The van der Waals surface area contributed by atoms with Crippen molar-refractivity contribution in [1.29, 1.82) is 0 Å². The summed E-state index contributed by atoms with van der Waals surface area (Å²) in [6, 6.07) is 13.3. The summed E-state index contributed by atoms with van der Waals surface area (Å²) >= 11 is 0. The van der Waals surface area contributed by atoms with Crippen LogP contribution in [0.15, 0.2) is 52.9 Å². The number of aromatic nitrogens is 2. The van der Waals surface area contributed by atoms with Crippen molar-refractivity contribution in [3.8, 4) is 0 Å². The van der Waals surface area contributed by atoms with Crippen LogP contribution in [0.5, 0.6) is 0 Å². The van der Waals surface area contributed by atoms with Crippen LogP contribution in [-0.2, 0) is 6.54 Å². The van der Waals surface area contributed by atoms with Gasteiger partial charge in [0.2, 0.25) is 5.89 Å². The summed E-state index contributed by atoms with van der Waals surface area (Å²) < 4.78 is 32.4. The maximum atomic E-state index is 13.4. The topological polar surface area (TPSA) is 47.8 Å². The van der Waals surface area contributed by atoms with E-state index < -0.39 is 0 Å². The molecule has 0 aliphatic carbocycles. The van der Waals surface area contributed by atoms with Crippen LogP contribution < -0.4 is 9.80 Å². The molecule has 0 bridgehead atoms. The summed E-state index contributed by atoms with van der Waals surface area (Å²) in [5.74, 6) is 0.761. The van der Waals surface area contributed by atoms with Crippen LogP contribution in [0.3, 0.4) is 0 Å². The van der Waals surface area contributed by atoms with Gasteiger partial charge in [-0.3, -0.25) is 0 Å². The van der Waals surface area contributed by atoms with E-state index in [1.54, 1.807) is 6.92 Å². The van der Waals surface area contributed by atoms with Gasteiger partial charge in [-0.25, -0.2) is 8.78 Å². The highest BCUT2D eigenvalue weighted by Crippen LogP contribution is 2.20. The molecule has 4 rings (SSSR count). The number of quaternary nitrogens is 2. The third kappa shape index (κ3) is 4.26. The average molecular weight is 386 g/mol. The number of hydrogen-bond donors (Lipinski definition) is 2. The van der Waals surface area contributed by atoms with Crippen molar-refractivity contribution >= 4 is 0 Å². The molecule has 1 saturated heterocycles. The van der Waals surface area contributed by atoms with Crippen molar-refractivity contribution < 1.29 is 23.0 Å². The molecule has 1 aliphatic rings. The summed E-state index contributed by atoms with van der Waals surface area (Å²) in [4.78, 5) is 2.80. The highest BCUT2D eigenvalue weighted by Gasteiger charge is 2.32. The molecule has 0 radical (unpaired) electrons. The molecule has 1 aliphatic heterocycles. The van der Waals surface area contributed by atoms with Crippen molar-refractivity contribution in [3.63, 3.8) is 0 Å². The van der Waals surface area contributed by atoms with E-state index in [-0.39, 0.29) is 17.7 Å². The zero-order valence-electron chi connectivity index (χ0n) is 15.8. The molecule has 28 heavy (non-hydrogen) atoms. The highest BCUT2D eigenvalue weighted by atomic mass is 19.1. The number of nitrogens with one attached hydrogen (secondary N) is 2. The van der Waals surface area contributed by atoms with Gasteiger partial charge in [-0.15, -0.1) is 10.2 Å². The fraction of sp³-hybridized carbons (Fsp3) is 0.333. The molecule has 2 N–H and O–H groups in total. The van der Waals surface area contributed by atoms with Crippen molar-refractivity contribution in [2.24, 2.45) is 0 Å². The largest absolute Gasteiger partial charge is 0.420 e. The lowest BCUT2D eigenvalue weighted by atomic mass is 9.96. The highest BCUT2D eigenvalue weighted by molar-refractivity contribution is 5.30. The summed E-state index contributed by atoms with van der Waals surface area (Å²) in [6.07, 6.45) is 0. The average Bonchev–Trinajstić information content (AvgIpc) is 3.11. The van der Waals surface area contributed by atoms with Crippen LogP contribution in [0.1, 0.15) is 29.0 Å². The summed E-state index contributed by atoms with van der Waals surface area (Å²) in [5.41, 5.74) is 2.08. The number of aryl methyl sites for hydroxylation is 1. The van der Waals surface area contributed by atoms with Crippen LogP contribution in [0.4, 0.5) is 8.78 Å². The fourth-order valence-electron chi connectivity index (χ4n) is 3.99. The Balaban J connectivity index is 1.51. The van der Waals surface area contributed by atoms with Crippen LogP contribution in [-0.4, -0.2) is 36.4 Å². The van der Waals surface area contributed by atoms with E-state index in [0.29, 0.717) is 11.8 Å². The zero-order valence-corrected chi connectivity index (χ0v) is 15.8. The van der Waals surface area contributed by atoms with E-state index in [0.717, 1.165) is 43.9 Å². The summed E-state index contributed by atoms with van der Waals surface area (Å²) in [7, 11) is 0. The first kappa shape index (κ1) is 18.7. The smallest absolute Gasteiger partial charge is 0.271 e. The number of hydrogen-bond acceptors (Lipinski definition) is 3. The van der Waals surface area contributed by atoms with E-state index >= 15 is 0 Å². The summed E-state index contributed by atoms with van der Waals surface area (Å²) in [6.45, 7) is 6.35. The Kier molecular flexibility index (Phi) is 5.45. The van der Waals surface area contributed by atoms with Gasteiger partial charge in [0.05, 0.1) is 0 Å². The molecule has 2 aromatic carbocycles. The second kappa shape index (κ2) is 8.16. The molecule has 3 aromatic rings. The minimum absolute atomic E-state index is 0.0494. The fourth-order valence-corrected chi connectivity index (χ4v) is 3.99. The molecule has 7 heteroatoms. The number of benzene rings is 2. The van der Waals surface area contributed by atoms with Crippen LogP contribution >= 0.6 is 0 Å². The lowest BCUT2D eigenvalue weighted by Gasteiger charge is -2.34. The minimum atomic E-state index is -0.249. The third-order valence-electron chi connectivity index (χ3n) is 5.38. The molecule has 5 nitrogen and oxygen atoms in total. The van der Waals surface area contributed by atoms with Crippen molar-refractivity contribution in [2.75, 3.05) is 26.2 Å². The molecule has 1 fully saturated rings. The van der Waals surface area contributed by atoms with Crippen molar-refractivity contribution in [3.05, 3.63) is 83.1 Å². The molecule has 0 atom stereocenters. The molecule has 146 valence electrons. The van der Waals surface area contributed by atoms with Crippen molar-refractivity contribution in [1.82, 2.24) is 10.2 Å². The maximum absolute atomic E-state index is 13.4. The van der Waals surface area contributed by atoms with Gasteiger partial charge in [-0.2, -0.15) is 0 Å². The predicted octanol–water partition coefficient (Wildman–Crippen LogP) is 0.729. The second-order valence-electron chi connectivity index (χ2n) is 7.34. The Labute approximate surface area is 162 Å².